The average Bonchev–Trinajstić information content (AvgIpc) is 2.97. The molecule has 0 aliphatic carbocycles. The van der Waals surface area contributed by atoms with Gasteiger partial charge < -0.3 is 30.1 Å². The van der Waals surface area contributed by atoms with Crippen molar-refractivity contribution in [1.29, 1.82) is 0 Å². The number of piperidine rings is 1. The molecular weight excluding hydrogens is 544 g/mol. The van der Waals surface area contributed by atoms with Crippen LogP contribution < -0.4 is 15.4 Å². The SMILES string of the molecule is Cc1ccc2c(NCC(C)O)cccc2c1Oc1ncccc1-c1ccnc(NC2CCCN(C(=O)OC(C)(C)C)C2)n1. The Labute approximate surface area is 252 Å². The zero-order valence-electron chi connectivity index (χ0n) is 25.4. The Kier molecular flexibility index (Phi) is 8.96. The topological polar surface area (TPSA) is 122 Å². The van der Waals surface area contributed by atoms with Crippen LogP contribution in [-0.2, 0) is 4.74 Å². The minimum atomic E-state index is -0.541. The van der Waals surface area contributed by atoms with E-state index >= 15 is 0 Å². The quantitative estimate of drug-likeness (QED) is 0.216. The van der Waals surface area contributed by atoms with Crippen LogP contribution in [0.1, 0.15) is 46.1 Å². The fourth-order valence-corrected chi connectivity index (χ4v) is 5.10. The number of rotatable bonds is 8. The van der Waals surface area contributed by atoms with Crippen molar-refractivity contribution in [1.82, 2.24) is 19.9 Å². The van der Waals surface area contributed by atoms with Gasteiger partial charge in [-0.2, -0.15) is 0 Å². The third-order valence-corrected chi connectivity index (χ3v) is 7.10. The maximum Gasteiger partial charge on any atom is 0.410 e. The summed E-state index contributed by atoms with van der Waals surface area (Å²) < 4.78 is 12.1. The minimum absolute atomic E-state index is 0.00361. The number of benzene rings is 2. The molecule has 0 radical (unpaired) electrons. The number of pyridine rings is 1. The first-order chi connectivity index (χ1) is 20.6. The van der Waals surface area contributed by atoms with Gasteiger partial charge >= 0.3 is 6.09 Å². The molecule has 3 N–H and O–H groups in total. The summed E-state index contributed by atoms with van der Waals surface area (Å²) in [5, 5.41) is 18.4. The summed E-state index contributed by atoms with van der Waals surface area (Å²) >= 11 is 0. The molecule has 2 aromatic carbocycles. The number of amides is 1. The number of hydrogen-bond donors (Lipinski definition) is 3. The van der Waals surface area contributed by atoms with Crippen molar-refractivity contribution in [3.05, 3.63) is 66.5 Å². The van der Waals surface area contributed by atoms with Gasteiger partial charge in [-0.05, 0) is 77.3 Å². The monoisotopic (exact) mass is 584 g/mol. The molecule has 10 heteroatoms. The summed E-state index contributed by atoms with van der Waals surface area (Å²) in [7, 11) is 0. The zero-order chi connectivity index (χ0) is 30.6. The molecule has 10 nitrogen and oxygen atoms in total. The van der Waals surface area contributed by atoms with Gasteiger partial charge in [0.15, 0.2) is 0 Å². The first kappa shape index (κ1) is 30.0. The fourth-order valence-electron chi connectivity index (χ4n) is 5.10. The third-order valence-electron chi connectivity index (χ3n) is 7.10. The second-order valence-corrected chi connectivity index (χ2v) is 12.0. The average molecular weight is 585 g/mol. The summed E-state index contributed by atoms with van der Waals surface area (Å²) in [6, 6.07) is 15.7. The van der Waals surface area contributed by atoms with E-state index in [1.54, 1.807) is 24.2 Å². The van der Waals surface area contributed by atoms with E-state index in [2.05, 4.69) is 26.7 Å². The Morgan fingerprint density at radius 1 is 1.09 bits per heavy atom. The number of aliphatic hydroxyl groups excluding tert-OH is 1. The Hall–Kier alpha value is -4.44. The van der Waals surface area contributed by atoms with Crippen LogP contribution in [-0.4, -0.2) is 68.4 Å². The number of aromatic nitrogens is 3. The van der Waals surface area contributed by atoms with Crippen LogP contribution in [0.5, 0.6) is 11.6 Å². The van der Waals surface area contributed by atoms with E-state index in [1.165, 1.54) is 0 Å². The van der Waals surface area contributed by atoms with Gasteiger partial charge in [-0.15, -0.1) is 0 Å². The molecule has 0 spiro atoms. The maximum absolute atomic E-state index is 12.6. The number of nitrogens with one attached hydrogen (secondary N) is 2. The molecule has 0 saturated carbocycles. The van der Waals surface area contributed by atoms with Gasteiger partial charge in [0.25, 0.3) is 0 Å². The summed E-state index contributed by atoms with van der Waals surface area (Å²) in [6.07, 6.45) is 4.38. The molecule has 43 heavy (non-hydrogen) atoms. The molecule has 0 bridgehead atoms. The van der Waals surface area contributed by atoms with Gasteiger partial charge in [0.05, 0.1) is 17.4 Å². The molecule has 2 unspecified atom stereocenters. The molecule has 3 heterocycles. The molecule has 1 fully saturated rings. The van der Waals surface area contributed by atoms with Crippen molar-refractivity contribution in [2.45, 2.75) is 65.2 Å². The molecule has 2 aromatic heterocycles. The Morgan fingerprint density at radius 2 is 1.93 bits per heavy atom. The Bertz CT molecular complexity index is 1590. The van der Waals surface area contributed by atoms with E-state index in [1.807, 2.05) is 70.2 Å². The number of anilines is 2. The number of aliphatic hydroxyl groups is 1. The lowest BCUT2D eigenvalue weighted by Gasteiger charge is -2.34. The molecule has 1 aliphatic rings. The summed E-state index contributed by atoms with van der Waals surface area (Å²) in [5.74, 6) is 1.60. The predicted octanol–water partition coefficient (Wildman–Crippen LogP) is 6.40. The number of ether oxygens (including phenoxy) is 2. The zero-order valence-corrected chi connectivity index (χ0v) is 25.4. The van der Waals surface area contributed by atoms with E-state index in [0.29, 0.717) is 42.9 Å². The summed E-state index contributed by atoms with van der Waals surface area (Å²) in [5.41, 5.74) is 2.74. The molecule has 226 valence electrons. The number of hydrogen-bond acceptors (Lipinski definition) is 9. The normalized spacial score (nSPS) is 16.0. The van der Waals surface area contributed by atoms with E-state index in [4.69, 9.17) is 14.5 Å². The van der Waals surface area contributed by atoms with E-state index in [-0.39, 0.29) is 12.1 Å². The fraction of sp³-hybridized carbons (Fsp3) is 0.394. The lowest BCUT2D eigenvalue weighted by Crippen LogP contribution is -2.47. The third kappa shape index (κ3) is 7.50. The molecule has 1 amide bonds. The van der Waals surface area contributed by atoms with Gasteiger partial charge in [0, 0.05) is 54.5 Å². The highest BCUT2D eigenvalue weighted by atomic mass is 16.6. The van der Waals surface area contributed by atoms with Gasteiger partial charge in [-0.25, -0.2) is 19.7 Å². The Balaban J connectivity index is 1.38. The van der Waals surface area contributed by atoms with Crippen molar-refractivity contribution in [3.63, 3.8) is 0 Å². The first-order valence-electron chi connectivity index (χ1n) is 14.7. The second kappa shape index (κ2) is 12.8. The van der Waals surface area contributed by atoms with E-state index in [0.717, 1.165) is 40.4 Å². The van der Waals surface area contributed by atoms with E-state index < -0.39 is 11.7 Å². The van der Waals surface area contributed by atoms with Crippen LogP contribution >= 0.6 is 0 Å². The first-order valence-corrected chi connectivity index (χ1v) is 14.7. The highest BCUT2D eigenvalue weighted by molar-refractivity contribution is 5.98. The highest BCUT2D eigenvalue weighted by Gasteiger charge is 2.28. The van der Waals surface area contributed by atoms with Crippen LogP contribution in [0.2, 0.25) is 0 Å². The smallest absolute Gasteiger partial charge is 0.410 e. The lowest BCUT2D eigenvalue weighted by molar-refractivity contribution is 0.0206. The Morgan fingerprint density at radius 3 is 2.72 bits per heavy atom. The minimum Gasteiger partial charge on any atom is -0.444 e. The summed E-state index contributed by atoms with van der Waals surface area (Å²) in [6.45, 7) is 11.0. The van der Waals surface area contributed by atoms with Crippen LogP contribution in [0, 0.1) is 6.92 Å². The van der Waals surface area contributed by atoms with E-state index in [9.17, 15) is 9.90 Å². The lowest BCUT2D eigenvalue weighted by atomic mass is 10.0. The molecular formula is C33H40N6O4. The largest absolute Gasteiger partial charge is 0.444 e. The molecule has 4 aromatic rings. The number of likely N-dealkylation sites (tertiary alicyclic amines) is 1. The van der Waals surface area contributed by atoms with Crippen LogP contribution in [0.25, 0.3) is 22.0 Å². The maximum atomic E-state index is 12.6. The predicted molar refractivity (Wildman–Crippen MR) is 169 cm³/mol. The number of aryl methyl sites for hydroxylation is 1. The number of carbonyl (C=O) groups excluding carboxylic acids is 1. The van der Waals surface area contributed by atoms with Crippen LogP contribution in [0.4, 0.5) is 16.4 Å². The van der Waals surface area contributed by atoms with Crippen molar-refractivity contribution in [2.24, 2.45) is 0 Å². The standard InChI is InChI=1S/C33H40N6O4/c1-21-13-14-24-25(10-6-12-27(24)36-19-22(2)40)29(21)42-30-26(11-7-16-34-30)28-15-17-35-31(38-28)37-23-9-8-18-39(20-23)32(41)43-33(3,4)5/h6-7,10-17,22-23,36,40H,8-9,18-20H2,1-5H3,(H,35,37,38). The number of nitrogens with zero attached hydrogens (tertiary/aromatic N) is 4. The molecule has 5 rings (SSSR count). The van der Waals surface area contributed by atoms with Crippen molar-refractivity contribution >= 4 is 28.5 Å². The molecule has 1 aliphatic heterocycles. The van der Waals surface area contributed by atoms with Crippen LogP contribution in [0.3, 0.4) is 0 Å². The van der Waals surface area contributed by atoms with Crippen molar-refractivity contribution in [3.8, 4) is 22.9 Å². The highest BCUT2D eigenvalue weighted by Crippen LogP contribution is 2.38. The van der Waals surface area contributed by atoms with Gasteiger partial charge in [-0.3, -0.25) is 0 Å². The van der Waals surface area contributed by atoms with Crippen molar-refractivity contribution in [2.75, 3.05) is 30.3 Å². The van der Waals surface area contributed by atoms with Gasteiger partial charge in [0.1, 0.15) is 11.4 Å². The molecule has 2 atom stereocenters. The summed E-state index contributed by atoms with van der Waals surface area (Å²) in [4.78, 5) is 28.2. The van der Waals surface area contributed by atoms with Crippen LogP contribution in [0.15, 0.2) is 60.9 Å². The number of carbonyl (C=O) groups is 1. The number of fused-ring (bicyclic) bond motifs is 1. The van der Waals surface area contributed by atoms with Crippen molar-refractivity contribution < 1.29 is 19.4 Å². The molecule has 1 saturated heterocycles. The van der Waals surface area contributed by atoms with Gasteiger partial charge in [0.2, 0.25) is 11.8 Å². The second-order valence-electron chi connectivity index (χ2n) is 12.0. The van der Waals surface area contributed by atoms with Gasteiger partial charge in [-0.1, -0.05) is 24.3 Å².